The lowest BCUT2D eigenvalue weighted by Gasteiger charge is -2.17. The second-order valence-electron chi connectivity index (χ2n) is 11.4. The van der Waals surface area contributed by atoms with Crippen LogP contribution in [0.15, 0.2) is 12.2 Å². The zero-order valence-electron chi connectivity index (χ0n) is 21.3. The summed E-state index contributed by atoms with van der Waals surface area (Å²) in [6.45, 7) is 35.6. The fourth-order valence-corrected chi connectivity index (χ4v) is 2.94. The van der Waals surface area contributed by atoms with Gasteiger partial charge in [-0.3, -0.25) is 0 Å². The minimum atomic E-state index is 0.422. The van der Waals surface area contributed by atoms with Crippen molar-refractivity contribution >= 4 is 0 Å². The average molecular weight is 369 g/mol. The van der Waals surface area contributed by atoms with Crippen LogP contribution in [0.3, 0.4) is 0 Å². The van der Waals surface area contributed by atoms with Crippen molar-refractivity contribution in [2.75, 3.05) is 0 Å². The quantitative estimate of drug-likeness (QED) is 0.392. The molecule has 0 bridgehead atoms. The molecule has 2 unspecified atom stereocenters. The molecule has 0 saturated carbocycles. The van der Waals surface area contributed by atoms with Gasteiger partial charge >= 0.3 is 0 Å². The molecule has 0 spiro atoms. The van der Waals surface area contributed by atoms with Gasteiger partial charge in [0.1, 0.15) is 0 Å². The molecular formula is C26H56. The molecule has 0 N–H and O–H groups in total. The lowest BCUT2D eigenvalue weighted by atomic mass is 9.89. The summed E-state index contributed by atoms with van der Waals surface area (Å²) in [5, 5.41) is 0. The SMILES string of the molecule is C=C(C)CC(C)(C)C.CC(C)CC(C)C(C)C.CC(C)CC(C)C(C)C. The highest BCUT2D eigenvalue weighted by atomic mass is 14.1. The van der Waals surface area contributed by atoms with Gasteiger partial charge in [-0.2, -0.15) is 0 Å². The van der Waals surface area contributed by atoms with Crippen molar-refractivity contribution < 1.29 is 0 Å². The van der Waals surface area contributed by atoms with Gasteiger partial charge in [0.05, 0.1) is 0 Å². The Kier molecular flexibility index (Phi) is 18.5. The molecule has 26 heavy (non-hydrogen) atoms. The summed E-state index contributed by atoms with van der Waals surface area (Å²) in [6, 6.07) is 0. The van der Waals surface area contributed by atoms with Crippen LogP contribution in [0.25, 0.3) is 0 Å². The van der Waals surface area contributed by atoms with Crippen LogP contribution in [0.2, 0.25) is 0 Å². The van der Waals surface area contributed by atoms with Gasteiger partial charge in [0, 0.05) is 0 Å². The highest BCUT2D eigenvalue weighted by Crippen LogP contribution is 2.22. The summed E-state index contributed by atoms with van der Waals surface area (Å²) in [4.78, 5) is 0. The molecule has 160 valence electrons. The fraction of sp³-hybridized carbons (Fsp3) is 0.923. The van der Waals surface area contributed by atoms with E-state index in [1.165, 1.54) is 18.4 Å². The number of hydrogen-bond donors (Lipinski definition) is 0. The Morgan fingerprint density at radius 3 is 0.962 bits per heavy atom. The standard InChI is InChI=1S/2C9H20.C8H16/c2*1-7(2)6-9(5)8(3)4;1-7(2)6-8(3,4)5/h2*7-9H,6H2,1-5H3;1,6H2,2-5H3. The van der Waals surface area contributed by atoms with E-state index >= 15 is 0 Å². The van der Waals surface area contributed by atoms with Crippen molar-refractivity contribution in [3.8, 4) is 0 Å². The monoisotopic (exact) mass is 368 g/mol. The van der Waals surface area contributed by atoms with Crippen LogP contribution in [0.4, 0.5) is 0 Å². The number of rotatable bonds is 7. The molecule has 0 aliphatic carbocycles. The topological polar surface area (TPSA) is 0 Å². The molecule has 0 heterocycles. The van der Waals surface area contributed by atoms with E-state index < -0.39 is 0 Å². The Balaban J connectivity index is -0.000000306. The molecule has 0 nitrogen and oxygen atoms in total. The molecule has 0 aromatic heterocycles. The second kappa shape index (κ2) is 15.8. The summed E-state index contributed by atoms with van der Waals surface area (Å²) in [6.07, 6.45) is 3.88. The maximum atomic E-state index is 3.84. The lowest BCUT2D eigenvalue weighted by Crippen LogP contribution is -2.06. The second-order valence-corrected chi connectivity index (χ2v) is 11.4. The Hall–Kier alpha value is -0.260. The zero-order chi connectivity index (χ0) is 21.7. The third kappa shape index (κ3) is 28.5. The van der Waals surface area contributed by atoms with E-state index in [9.17, 15) is 0 Å². The minimum absolute atomic E-state index is 0.422. The maximum Gasteiger partial charge on any atom is -0.0277 e. The van der Waals surface area contributed by atoms with Crippen LogP contribution >= 0.6 is 0 Å². The van der Waals surface area contributed by atoms with Crippen molar-refractivity contribution in [3.63, 3.8) is 0 Å². The van der Waals surface area contributed by atoms with E-state index in [2.05, 4.69) is 104 Å². The van der Waals surface area contributed by atoms with Gasteiger partial charge in [0.15, 0.2) is 0 Å². The molecule has 0 rings (SSSR count). The largest absolute Gasteiger partial charge is 0.100 e. The summed E-state index contributed by atoms with van der Waals surface area (Å²) in [5.41, 5.74) is 1.70. The molecular weight excluding hydrogens is 312 g/mol. The van der Waals surface area contributed by atoms with Crippen molar-refractivity contribution in [2.45, 2.75) is 116 Å². The fourth-order valence-electron chi connectivity index (χ4n) is 2.94. The highest BCUT2D eigenvalue weighted by molar-refractivity contribution is 4.92. The van der Waals surface area contributed by atoms with E-state index in [-0.39, 0.29) is 0 Å². The molecule has 0 aromatic rings. The molecule has 2 atom stereocenters. The van der Waals surface area contributed by atoms with Crippen LogP contribution in [0.5, 0.6) is 0 Å². The van der Waals surface area contributed by atoms with Crippen LogP contribution in [0.1, 0.15) is 116 Å². The van der Waals surface area contributed by atoms with Crippen LogP contribution < -0.4 is 0 Å². The van der Waals surface area contributed by atoms with Gasteiger partial charge in [-0.15, -0.1) is 6.58 Å². The van der Waals surface area contributed by atoms with Crippen molar-refractivity contribution in [1.82, 2.24) is 0 Å². The van der Waals surface area contributed by atoms with Gasteiger partial charge in [-0.05, 0) is 67.1 Å². The first-order valence-electron chi connectivity index (χ1n) is 11.1. The van der Waals surface area contributed by atoms with E-state index in [1.54, 1.807) is 0 Å². The molecule has 0 aliphatic rings. The van der Waals surface area contributed by atoms with Crippen LogP contribution in [-0.4, -0.2) is 0 Å². The smallest absolute Gasteiger partial charge is 0.0277 e. The predicted octanol–water partition coefficient (Wildman–Crippen LogP) is 9.65. The summed E-state index contributed by atoms with van der Waals surface area (Å²) in [5.74, 6) is 5.22. The van der Waals surface area contributed by atoms with Crippen LogP contribution in [0, 0.1) is 40.9 Å². The molecule has 0 saturated heterocycles. The number of hydrogen-bond acceptors (Lipinski definition) is 0. The normalized spacial score (nSPS) is 13.9. The van der Waals surface area contributed by atoms with Crippen molar-refractivity contribution in [2.24, 2.45) is 40.9 Å². The lowest BCUT2D eigenvalue weighted by molar-refractivity contribution is 0.344. The van der Waals surface area contributed by atoms with E-state index in [0.717, 1.165) is 41.9 Å². The van der Waals surface area contributed by atoms with E-state index in [4.69, 9.17) is 0 Å². The molecule has 0 heteroatoms. The first kappa shape index (κ1) is 30.5. The highest BCUT2D eigenvalue weighted by Gasteiger charge is 2.09. The first-order chi connectivity index (χ1) is 11.5. The Labute approximate surface area is 169 Å². The molecule has 0 amide bonds. The summed E-state index contributed by atoms with van der Waals surface area (Å²) < 4.78 is 0. The van der Waals surface area contributed by atoms with Crippen molar-refractivity contribution in [3.05, 3.63) is 12.2 Å². The molecule has 0 radical (unpaired) electrons. The summed E-state index contributed by atoms with van der Waals surface area (Å²) in [7, 11) is 0. The average Bonchev–Trinajstić information content (AvgIpc) is 2.35. The Morgan fingerprint density at radius 1 is 0.654 bits per heavy atom. The zero-order valence-corrected chi connectivity index (χ0v) is 21.3. The molecule has 0 fully saturated rings. The third-order valence-electron chi connectivity index (χ3n) is 4.79. The van der Waals surface area contributed by atoms with Gasteiger partial charge in [-0.1, -0.05) is 95.6 Å². The third-order valence-corrected chi connectivity index (χ3v) is 4.79. The Bertz CT molecular complexity index is 291. The van der Waals surface area contributed by atoms with E-state index in [0.29, 0.717) is 5.41 Å². The van der Waals surface area contributed by atoms with Gasteiger partial charge in [-0.25, -0.2) is 0 Å². The summed E-state index contributed by atoms with van der Waals surface area (Å²) >= 11 is 0. The predicted molar refractivity (Wildman–Crippen MR) is 126 cm³/mol. The van der Waals surface area contributed by atoms with Gasteiger partial charge in [0.25, 0.3) is 0 Å². The molecule has 0 aromatic carbocycles. The number of allylic oxidation sites excluding steroid dienone is 1. The first-order valence-corrected chi connectivity index (χ1v) is 11.1. The molecule has 0 aliphatic heterocycles. The van der Waals surface area contributed by atoms with E-state index in [1.807, 2.05) is 0 Å². The van der Waals surface area contributed by atoms with Gasteiger partial charge < -0.3 is 0 Å². The Morgan fingerprint density at radius 2 is 0.923 bits per heavy atom. The van der Waals surface area contributed by atoms with Gasteiger partial charge in [0.2, 0.25) is 0 Å². The maximum absolute atomic E-state index is 3.84. The van der Waals surface area contributed by atoms with Crippen LogP contribution in [-0.2, 0) is 0 Å². The minimum Gasteiger partial charge on any atom is -0.100 e. The van der Waals surface area contributed by atoms with Crippen molar-refractivity contribution in [1.29, 1.82) is 0 Å².